The maximum atomic E-state index is 11.8. The zero-order chi connectivity index (χ0) is 13.4. The van der Waals surface area contributed by atoms with Gasteiger partial charge < -0.3 is 16.0 Å². The maximum absolute atomic E-state index is 11.8. The average molecular weight is 255 g/mol. The Morgan fingerprint density at radius 2 is 2.22 bits per heavy atom. The van der Waals surface area contributed by atoms with Crippen LogP contribution in [0.25, 0.3) is 0 Å². The topological polar surface area (TPSA) is 70.2 Å². The second-order valence-corrected chi connectivity index (χ2v) is 4.96. The number of carbonyl (C=O) groups is 2. The van der Waals surface area contributed by atoms with E-state index in [1.807, 2.05) is 13.8 Å². The van der Waals surface area contributed by atoms with Gasteiger partial charge in [0.15, 0.2) is 0 Å². The summed E-state index contributed by atoms with van der Waals surface area (Å²) in [6, 6.07) is 0.204. The van der Waals surface area contributed by atoms with Crippen molar-refractivity contribution < 1.29 is 9.59 Å². The normalized spacial score (nSPS) is 21.1. The minimum absolute atomic E-state index is 0.00594. The van der Waals surface area contributed by atoms with Gasteiger partial charge in [-0.05, 0) is 32.7 Å². The van der Waals surface area contributed by atoms with Crippen LogP contribution in [0.4, 0.5) is 0 Å². The molecule has 0 saturated carbocycles. The van der Waals surface area contributed by atoms with Gasteiger partial charge in [0, 0.05) is 25.6 Å². The van der Waals surface area contributed by atoms with Crippen LogP contribution in [0.2, 0.25) is 0 Å². The molecule has 18 heavy (non-hydrogen) atoms. The van der Waals surface area contributed by atoms with Gasteiger partial charge in [-0.2, -0.15) is 0 Å². The lowest BCUT2D eigenvalue weighted by atomic mass is 9.99. The highest BCUT2D eigenvalue weighted by Gasteiger charge is 2.20. The Kier molecular flexibility index (Phi) is 6.72. The highest BCUT2D eigenvalue weighted by molar-refractivity contribution is 5.80. The van der Waals surface area contributed by atoms with Gasteiger partial charge in [0.2, 0.25) is 11.8 Å². The van der Waals surface area contributed by atoms with Crippen LogP contribution in [-0.4, -0.2) is 37.5 Å². The summed E-state index contributed by atoms with van der Waals surface area (Å²) in [7, 11) is 0. The van der Waals surface area contributed by atoms with E-state index in [2.05, 4.69) is 16.0 Å². The summed E-state index contributed by atoms with van der Waals surface area (Å²) in [6.45, 7) is 6.19. The molecule has 0 aromatic rings. The molecule has 0 bridgehead atoms. The monoisotopic (exact) mass is 255 g/mol. The highest BCUT2D eigenvalue weighted by Crippen LogP contribution is 2.09. The van der Waals surface area contributed by atoms with Crippen LogP contribution in [-0.2, 0) is 9.59 Å². The van der Waals surface area contributed by atoms with Crippen LogP contribution in [0, 0.1) is 5.92 Å². The van der Waals surface area contributed by atoms with Crippen molar-refractivity contribution >= 4 is 11.8 Å². The summed E-state index contributed by atoms with van der Waals surface area (Å²) >= 11 is 0. The van der Waals surface area contributed by atoms with E-state index in [1.54, 1.807) is 0 Å². The predicted molar refractivity (Wildman–Crippen MR) is 71.1 cm³/mol. The fourth-order valence-corrected chi connectivity index (χ4v) is 1.97. The Morgan fingerprint density at radius 1 is 1.44 bits per heavy atom. The fraction of sp³-hybridized carbons (Fsp3) is 0.846. The standard InChI is InChI=1S/C13H25N3O2/c1-3-10(2)16-12(17)6-8-15-13(18)11-5-4-7-14-9-11/h10-11,14H,3-9H2,1-2H3,(H,15,18)(H,16,17)/t10?,11-/m1/s1. The first-order chi connectivity index (χ1) is 8.63. The molecule has 1 rings (SSSR count). The molecule has 1 unspecified atom stereocenters. The molecule has 1 aliphatic rings. The Morgan fingerprint density at radius 3 is 2.83 bits per heavy atom. The van der Waals surface area contributed by atoms with E-state index in [4.69, 9.17) is 0 Å². The first-order valence-electron chi connectivity index (χ1n) is 6.91. The molecule has 0 aliphatic carbocycles. The molecule has 0 radical (unpaired) electrons. The third-order valence-corrected chi connectivity index (χ3v) is 3.34. The summed E-state index contributed by atoms with van der Waals surface area (Å²) in [5, 5.41) is 8.92. The average Bonchev–Trinajstić information content (AvgIpc) is 2.39. The third-order valence-electron chi connectivity index (χ3n) is 3.34. The molecule has 0 aromatic heterocycles. The second-order valence-electron chi connectivity index (χ2n) is 4.96. The molecule has 5 heteroatoms. The second kappa shape index (κ2) is 8.08. The Bertz CT molecular complexity index is 275. The van der Waals surface area contributed by atoms with Gasteiger partial charge >= 0.3 is 0 Å². The van der Waals surface area contributed by atoms with Crippen molar-refractivity contribution in [1.82, 2.24) is 16.0 Å². The van der Waals surface area contributed by atoms with Crippen molar-refractivity contribution in [3.63, 3.8) is 0 Å². The lowest BCUT2D eigenvalue weighted by Crippen LogP contribution is -2.42. The highest BCUT2D eigenvalue weighted by atomic mass is 16.2. The van der Waals surface area contributed by atoms with Gasteiger partial charge in [-0.3, -0.25) is 9.59 Å². The number of amides is 2. The van der Waals surface area contributed by atoms with Crippen molar-refractivity contribution in [3.05, 3.63) is 0 Å². The van der Waals surface area contributed by atoms with Crippen LogP contribution in [0.5, 0.6) is 0 Å². The minimum atomic E-state index is 0.00594. The van der Waals surface area contributed by atoms with E-state index >= 15 is 0 Å². The smallest absolute Gasteiger partial charge is 0.224 e. The van der Waals surface area contributed by atoms with E-state index < -0.39 is 0 Å². The summed E-state index contributed by atoms with van der Waals surface area (Å²) in [5.41, 5.74) is 0. The lowest BCUT2D eigenvalue weighted by Gasteiger charge is -2.21. The van der Waals surface area contributed by atoms with Crippen LogP contribution < -0.4 is 16.0 Å². The van der Waals surface area contributed by atoms with E-state index in [0.717, 1.165) is 32.4 Å². The fourth-order valence-electron chi connectivity index (χ4n) is 1.97. The first-order valence-corrected chi connectivity index (χ1v) is 6.91. The molecule has 1 aliphatic heterocycles. The SMILES string of the molecule is CCC(C)NC(=O)CCNC(=O)[C@@H]1CCCNC1. The zero-order valence-electron chi connectivity index (χ0n) is 11.4. The molecule has 2 amide bonds. The summed E-state index contributed by atoms with van der Waals surface area (Å²) in [4.78, 5) is 23.3. The summed E-state index contributed by atoms with van der Waals surface area (Å²) < 4.78 is 0. The molecule has 1 saturated heterocycles. The van der Waals surface area contributed by atoms with Crippen LogP contribution >= 0.6 is 0 Å². The largest absolute Gasteiger partial charge is 0.355 e. The van der Waals surface area contributed by atoms with E-state index in [1.165, 1.54) is 0 Å². The molecule has 1 heterocycles. The molecule has 2 atom stereocenters. The molecule has 0 spiro atoms. The van der Waals surface area contributed by atoms with Crippen molar-refractivity contribution in [2.24, 2.45) is 5.92 Å². The van der Waals surface area contributed by atoms with Gasteiger partial charge in [0.05, 0.1) is 5.92 Å². The Balaban J connectivity index is 2.12. The summed E-state index contributed by atoms with van der Waals surface area (Å²) in [5.74, 6) is 0.140. The quantitative estimate of drug-likeness (QED) is 0.644. The third kappa shape index (κ3) is 5.49. The Hall–Kier alpha value is -1.10. The van der Waals surface area contributed by atoms with E-state index in [9.17, 15) is 9.59 Å². The van der Waals surface area contributed by atoms with Gasteiger partial charge in [-0.25, -0.2) is 0 Å². The van der Waals surface area contributed by atoms with Crippen molar-refractivity contribution in [3.8, 4) is 0 Å². The number of hydrogen-bond acceptors (Lipinski definition) is 3. The van der Waals surface area contributed by atoms with E-state index in [0.29, 0.717) is 13.0 Å². The molecular formula is C13H25N3O2. The molecule has 1 fully saturated rings. The van der Waals surface area contributed by atoms with Crippen LogP contribution in [0.15, 0.2) is 0 Å². The lowest BCUT2D eigenvalue weighted by molar-refractivity contribution is -0.125. The van der Waals surface area contributed by atoms with Crippen molar-refractivity contribution in [1.29, 1.82) is 0 Å². The van der Waals surface area contributed by atoms with Crippen molar-refractivity contribution in [2.75, 3.05) is 19.6 Å². The Labute approximate surface area is 109 Å². The zero-order valence-corrected chi connectivity index (χ0v) is 11.4. The van der Waals surface area contributed by atoms with Gasteiger partial charge in [0.25, 0.3) is 0 Å². The van der Waals surface area contributed by atoms with E-state index in [-0.39, 0.29) is 23.8 Å². The maximum Gasteiger partial charge on any atom is 0.224 e. The number of rotatable bonds is 6. The molecule has 3 N–H and O–H groups in total. The number of carbonyl (C=O) groups excluding carboxylic acids is 2. The van der Waals surface area contributed by atoms with Crippen LogP contribution in [0.3, 0.4) is 0 Å². The number of piperidine rings is 1. The number of hydrogen-bond donors (Lipinski definition) is 3. The molecule has 5 nitrogen and oxygen atoms in total. The first kappa shape index (κ1) is 15.0. The minimum Gasteiger partial charge on any atom is -0.355 e. The van der Waals surface area contributed by atoms with Gasteiger partial charge in [-0.1, -0.05) is 6.92 Å². The number of nitrogens with one attached hydrogen (secondary N) is 3. The molecule has 0 aromatic carbocycles. The van der Waals surface area contributed by atoms with Crippen molar-refractivity contribution in [2.45, 2.75) is 45.6 Å². The van der Waals surface area contributed by atoms with Gasteiger partial charge in [0.1, 0.15) is 0 Å². The predicted octanol–water partition coefficient (Wildman–Crippen LogP) is 0.407. The van der Waals surface area contributed by atoms with Gasteiger partial charge in [-0.15, -0.1) is 0 Å². The summed E-state index contributed by atoms with van der Waals surface area (Å²) in [6.07, 6.45) is 3.27. The molecule has 104 valence electrons. The molecular weight excluding hydrogens is 230 g/mol. The van der Waals surface area contributed by atoms with Crippen LogP contribution in [0.1, 0.15) is 39.5 Å².